The van der Waals surface area contributed by atoms with E-state index in [0.717, 1.165) is 12.1 Å². The molecule has 2 aliphatic rings. The number of nitrogens with one attached hydrogen (secondary N) is 1. The summed E-state index contributed by atoms with van der Waals surface area (Å²) in [4.78, 5) is 2.45. The molecule has 1 N–H and O–H groups in total. The zero-order valence-corrected chi connectivity index (χ0v) is 7.34. The summed E-state index contributed by atoms with van der Waals surface area (Å²) in [5.74, 6) is 0. The van der Waals surface area contributed by atoms with E-state index in [0.29, 0.717) is 0 Å². The highest BCUT2D eigenvalue weighted by atomic mass is 79.9. The number of hydrogen-bond donors (Lipinski definition) is 1. The van der Waals surface area contributed by atoms with Crippen molar-refractivity contribution in [1.29, 1.82) is 0 Å². The number of likely N-dealkylation sites (N-methyl/N-ethyl adjacent to an activating group) is 1. The molecule has 2 rings (SSSR count). The molecule has 54 valence electrons. The number of rotatable bonds is 0. The highest BCUT2D eigenvalue weighted by Gasteiger charge is 2.34. The molecule has 0 unspecified atom stereocenters. The molecular weight excluding hydrogens is 180 g/mol. The number of nitrogens with zero attached hydrogens (tertiary/aromatic N) is 1. The van der Waals surface area contributed by atoms with Gasteiger partial charge in [0, 0.05) is 25.2 Å². The molecule has 2 heterocycles. The molecule has 2 saturated heterocycles. The van der Waals surface area contributed by atoms with Crippen LogP contribution in [0.3, 0.4) is 0 Å². The lowest BCUT2D eigenvalue weighted by Crippen LogP contribution is -2.41. The average Bonchev–Trinajstić information content (AvgIpc) is 2.23. The van der Waals surface area contributed by atoms with Crippen LogP contribution in [0.5, 0.6) is 0 Å². The van der Waals surface area contributed by atoms with E-state index < -0.39 is 0 Å². The first kappa shape index (κ1) is 7.51. The van der Waals surface area contributed by atoms with E-state index in [2.05, 4.69) is 17.3 Å². The van der Waals surface area contributed by atoms with Crippen molar-refractivity contribution in [1.82, 2.24) is 10.2 Å². The minimum absolute atomic E-state index is 0. The Morgan fingerprint density at radius 1 is 1.56 bits per heavy atom. The lowest BCUT2D eigenvalue weighted by molar-refractivity contribution is 0.276. The summed E-state index contributed by atoms with van der Waals surface area (Å²) in [5.41, 5.74) is 0. The van der Waals surface area contributed by atoms with Crippen molar-refractivity contribution in [2.24, 2.45) is 0 Å². The molecule has 3 heteroatoms. The SMILES string of the molecule is Br.CN1C[C@H]2C[C@@H]1CN2. The standard InChI is InChI=1S/C6H12N2.BrH/c1-8-4-5-2-6(8)3-7-5;/h5-7H,2-4H2,1H3;1H/t5-,6-;/m1./s1. The van der Waals surface area contributed by atoms with Crippen molar-refractivity contribution in [3.8, 4) is 0 Å². The van der Waals surface area contributed by atoms with Crippen LogP contribution in [0.1, 0.15) is 6.42 Å². The van der Waals surface area contributed by atoms with Gasteiger partial charge in [0.1, 0.15) is 0 Å². The summed E-state index contributed by atoms with van der Waals surface area (Å²) >= 11 is 0. The molecule has 0 radical (unpaired) electrons. The van der Waals surface area contributed by atoms with Crippen molar-refractivity contribution in [3.63, 3.8) is 0 Å². The smallest absolute Gasteiger partial charge is 0.0233 e. The van der Waals surface area contributed by atoms with E-state index in [4.69, 9.17) is 0 Å². The number of fused-ring (bicyclic) bond motifs is 2. The number of likely N-dealkylation sites (tertiary alicyclic amines) is 1. The van der Waals surface area contributed by atoms with Gasteiger partial charge in [-0.3, -0.25) is 0 Å². The summed E-state index contributed by atoms with van der Waals surface area (Å²) in [6.07, 6.45) is 1.39. The van der Waals surface area contributed by atoms with Gasteiger partial charge in [0.05, 0.1) is 0 Å². The van der Waals surface area contributed by atoms with Crippen molar-refractivity contribution >= 4 is 17.0 Å². The molecular formula is C6H13BrN2. The molecule has 2 bridgehead atoms. The van der Waals surface area contributed by atoms with Gasteiger partial charge in [-0.15, -0.1) is 17.0 Å². The van der Waals surface area contributed by atoms with Gasteiger partial charge in [0.2, 0.25) is 0 Å². The van der Waals surface area contributed by atoms with Crippen LogP contribution in [0.25, 0.3) is 0 Å². The molecule has 0 spiro atoms. The van der Waals surface area contributed by atoms with Gasteiger partial charge in [-0.25, -0.2) is 0 Å². The average molecular weight is 193 g/mol. The van der Waals surface area contributed by atoms with Crippen LogP contribution in [0.2, 0.25) is 0 Å². The lowest BCUT2D eigenvalue weighted by Gasteiger charge is -2.21. The fraction of sp³-hybridized carbons (Fsp3) is 1.00. The second-order valence-electron chi connectivity index (χ2n) is 2.93. The van der Waals surface area contributed by atoms with Gasteiger partial charge in [0.15, 0.2) is 0 Å². The Morgan fingerprint density at radius 3 is 2.56 bits per heavy atom. The zero-order valence-electron chi connectivity index (χ0n) is 5.63. The third-order valence-electron chi connectivity index (χ3n) is 2.33. The summed E-state index contributed by atoms with van der Waals surface area (Å²) in [6.45, 7) is 2.49. The van der Waals surface area contributed by atoms with Crippen LogP contribution >= 0.6 is 17.0 Å². The van der Waals surface area contributed by atoms with Crippen molar-refractivity contribution < 1.29 is 0 Å². The van der Waals surface area contributed by atoms with Crippen molar-refractivity contribution in [2.45, 2.75) is 18.5 Å². The Bertz CT molecular complexity index is 105. The summed E-state index contributed by atoms with van der Waals surface area (Å²) in [5, 5.41) is 3.44. The molecule has 2 nitrogen and oxygen atoms in total. The van der Waals surface area contributed by atoms with Gasteiger partial charge in [-0.1, -0.05) is 0 Å². The third kappa shape index (κ3) is 1.14. The molecule has 2 atom stereocenters. The van der Waals surface area contributed by atoms with E-state index in [1.54, 1.807) is 0 Å². The molecule has 9 heavy (non-hydrogen) atoms. The highest BCUT2D eigenvalue weighted by molar-refractivity contribution is 8.93. The van der Waals surface area contributed by atoms with Gasteiger partial charge < -0.3 is 10.2 Å². The maximum absolute atomic E-state index is 3.44. The maximum atomic E-state index is 3.44. The Morgan fingerprint density at radius 2 is 2.33 bits per heavy atom. The van der Waals surface area contributed by atoms with E-state index >= 15 is 0 Å². The molecule has 0 aromatic rings. The number of hydrogen-bond acceptors (Lipinski definition) is 2. The largest absolute Gasteiger partial charge is 0.311 e. The van der Waals surface area contributed by atoms with Crippen molar-refractivity contribution in [2.75, 3.05) is 20.1 Å². The van der Waals surface area contributed by atoms with Gasteiger partial charge in [0.25, 0.3) is 0 Å². The van der Waals surface area contributed by atoms with E-state index in [9.17, 15) is 0 Å². The fourth-order valence-corrected chi connectivity index (χ4v) is 1.77. The first-order chi connectivity index (χ1) is 3.86. The first-order valence-corrected chi connectivity index (χ1v) is 3.30. The molecule has 2 fully saturated rings. The minimum Gasteiger partial charge on any atom is -0.311 e. The lowest BCUT2D eigenvalue weighted by atomic mass is 10.2. The number of halogens is 1. The Balaban J connectivity index is 0.000000405. The van der Waals surface area contributed by atoms with Crippen LogP contribution in [-0.4, -0.2) is 37.1 Å². The Labute approximate surface area is 66.4 Å². The van der Waals surface area contributed by atoms with Gasteiger partial charge >= 0.3 is 0 Å². The van der Waals surface area contributed by atoms with E-state index in [1.165, 1.54) is 19.5 Å². The van der Waals surface area contributed by atoms with Gasteiger partial charge in [-0.05, 0) is 13.5 Å². The molecule has 0 aliphatic carbocycles. The maximum Gasteiger partial charge on any atom is 0.0233 e. The molecule has 0 amide bonds. The van der Waals surface area contributed by atoms with Crippen LogP contribution in [0.15, 0.2) is 0 Å². The molecule has 0 aromatic heterocycles. The van der Waals surface area contributed by atoms with E-state index in [1.807, 2.05) is 0 Å². The summed E-state index contributed by atoms with van der Waals surface area (Å²) < 4.78 is 0. The molecule has 0 saturated carbocycles. The van der Waals surface area contributed by atoms with Crippen molar-refractivity contribution in [3.05, 3.63) is 0 Å². The van der Waals surface area contributed by atoms with Crippen LogP contribution in [0.4, 0.5) is 0 Å². The highest BCUT2D eigenvalue weighted by Crippen LogP contribution is 2.20. The predicted molar refractivity (Wildman–Crippen MR) is 43.1 cm³/mol. The monoisotopic (exact) mass is 192 g/mol. The Kier molecular flexibility index (Phi) is 2.14. The Hall–Kier alpha value is 0.400. The van der Waals surface area contributed by atoms with E-state index in [-0.39, 0.29) is 17.0 Å². The fourth-order valence-electron chi connectivity index (χ4n) is 1.77. The second kappa shape index (κ2) is 2.56. The topological polar surface area (TPSA) is 15.3 Å². The summed E-state index contributed by atoms with van der Waals surface area (Å²) in [6, 6.07) is 1.69. The van der Waals surface area contributed by atoms with Crippen LogP contribution in [-0.2, 0) is 0 Å². The zero-order chi connectivity index (χ0) is 5.56. The quantitative estimate of drug-likeness (QED) is 0.592. The second-order valence-corrected chi connectivity index (χ2v) is 2.93. The normalized spacial score (nSPS) is 41.0. The third-order valence-corrected chi connectivity index (χ3v) is 2.33. The van der Waals surface area contributed by atoms with Crippen LogP contribution < -0.4 is 5.32 Å². The molecule has 0 aromatic carbocycles. The van der Waals surface area contributed by atoms with Crippen LogP contribution in [0, 0.1) is 0 Å². The number of piperazine rings is 1. The minimum atomic E-state index is 0. The molecule has 2 aliphatic heterocycles. The predicted octanol–water partition coefficient (Wildman–Crippen LogP) is 0.240. The summed E-state index contributed by atoms with van der Waals surface area (Å²) in [7, 11) is 2.21. The first-order valence-electron chi connectivity index (χ1n) is 3.30. The van der Waals surface area contributed by atoms with Gasteiger partial charge in [-0.2, -0.15) is 0 Å².